The average molecular weight is 578 g/mol. The Kier molecular flexibility index (Phi) is 9.42. The molecule has 4 aromatic rings. The smallest absolute Gasteiger partial charge is 0.271 e. The van der Waals surface area contributed by atoms with Crippen LogP contribution in [0.15, 0.2) is 107 Å². The van der Waals surface area contributed by atoms with E-state index < -0.39 is 15.9 Å². The lowest BCUT2D eigenvalue weighted by Gasteiger charge is -2.19. The standard InChI is InChI=1S/C30H28ClN3O5S/c1-3-38-29-19-22(12-17-28(29)39-21-23-8-7-9-25(31)18-23)20-32-33-30(35)24-13-15-26(16-14-24)34(2)40(36,37)27-10-5-4-6-11-27/h4-20H,3,21H2,1-2H3,(H,33,35)/b32-20-. The van der Waals surface area contributed by atoms with Gasteiger partial charge in [-0.1, -0.05) is 41.9 Å². The van der Waals surface area contributed by atoms with Crippen LogP contribution >= 0.6 is 11.6 Å². The number of benzene rings is 4. The van der Waals surface area contributed by atoms with Crippen molar-refractivity contribution in [2.24, 2.45) is 5.10 Å². The summed E-state index contributed by atoms with van der Waals surface area (Å²) in [5.41, 5.74) is 4.86. The first-order valence-corrected chi connectivity index (χ1v) is 14.2. The Hall–Kier alpha value is -4.34. The van der Waals surface area contributed by atoms with Crippen LogP contribution in [0.4, 0.5) is 5.69 Å². The third-order valence-electron chi connectivity index (χ3n) is 5.83. The predicted octanol–water partition coefficient (Wildman–Crippen LogP) is 5.91. The van der Waals surface area contributed by atoms with Gasteiger partial charge in [-0.2, -0.15) is 5.10 Å². The zero-order valence-electron chi connectivity index (χ0n) is 22.0. The number of nitrogens with zero attached hydrogens (tertiary/aromatic N) is 2. The normalized spacial score (nSPS) is 11.3. The van der Waals surface area contributed by atoms with Gasteiger partial charge >= 0.3 is 0 Å². The van der Waals surface area contributed by atoms with Gasteiger partial charge in [0.05, 0.1) is 23.4 Å². The number of amides is 1. The first kappa shape index (κ1) is 28.7. The predicted molar refractivity (Wildman–Crippen MR) is 157 cm³/mol. The number of anilines is 1. The fourth-order valence-electron chi connectivity index (χ4n) is 3.72. The molecule has 206 valence electrons. The van der Waals surface area contributed by atoms with E-state index in [-0.39, 0.29) is 4.90 Å². The minimum atomic E-state index is -3.72. The van der Waals surface area contributed by atoms with Crippen molar-refractivity contribution >= 4 is 39.4 Å². The summed E-state index contributed by atoms with van der Waals surface area (Å²) < 4.78 is 38.5. The Labute approximate surface area is 238 Å². The maximum Gasteiger partial charge on any atom is 0.271 e. The molecule has 0 heterocycles. The largest absolute Gasteiger partial charge is 0.490 e. The zero-order valence-corrected chi connectivity index (χ0v) is 23.5. The molecule has 0 saturated carbocycles. The molecule has 40 heavy (non-hydrogen) atoms. The highest BCUT2D eigenvalue weighted by Crippen LogP contribution is 2.29. The second kappa shape index (κ2) is 13.1. The molecule has 1 amide bonds. The maximum atomic E-state index is 12.8. The maximum absolute atomic E-state index is 12.8. The van der Waals surface area contributed by atoms with Gasteiger partial charge in [0.15, 0.2) is 11.5 Å². The Bertz CT molecular complexity index is 1590. The Morgan fingerprint density at radius 3 is 2.38 bits per heavy atom. The molecular formula is C30H28ClN3O5S. The molecule has 8 nitrogen and oxygen atoms in total. The van der Waals surface area contributed by atoms with Crippen molar-refractivity contribution in [3.63, 3.8) is 0 Å². The van der Waals surface area contributed by atoms with Crippen LogP contribution in [0.25, 0.3) is 0 Å². The summed E-state index contributed by atoms with van der Waals surface area (Å²) in [7, 11) is -2.25. The van der Waals surface area contributed by atoms with Crippen LogP contribution in [-0.4, -0.2) is 34.2 Å². The van der Waals surface area contributed by atoms with E-state index in [1.807, 2.05) is 25.1 Å². The highest BCUT2D eigenvalue weighted by molar-refractivity contribution is 7.92. The van der Waals surface area contributed by atoms with Crippen LogP contribution in [0.3, 0.4) is 0 Å². The third kappa shape index (κ3) is 7.19. The van der Waals surface area contributed by atoms with Crippen LogP contribution < -0.4 is 19.2 Å². The van der Waals surface area contributed by atoms with Gasteiger partial charge < -0.3 is 9.47 Å². The molecule has 0 aliphatic heterocycles. The number of hydrazone groups is 1. The third-order valence-corrected chi connectivity index (χ3v) is 7.86. The Morgan fingerprint density at radius 1 is 0.925 bits per heavy atom. The zero-order chi connectivity index (χ0) is 28.5. The van der Waals surface area contributed by atoms with E-state index in [0.717, 1.165) is 5.56 Å². The van der Waals surface area contributed by atoms with E-state index in [1.165, 1.54) is 41.8 Å². The van der Waals surface area contributed by atoms with Gasteiger partial charge in [0.25, 0.3) is 15.9 Å². The lowest BCUT2D eigenvalue weighted by molar-refractivity contribution is 0.0955. The lowest BCUT2D eigenvalue weighted by Crippen LogP contribution is -2.26. The number of halogens is 1. The van der Waals surface area contributed by atoms with Crippen molar-refractivity contribution < 1.29 is 22.7 Å². The van der Waals surface area contributed by atoms with Crippen molar-refractivity contribution in [3.8, 4) is 11.5 Å². The topological polar surface area (TPSA) is 97.3 Å². The van der Waals surface area contributed by atoms with Crippen molar-refractivity contribution in [2.45, 2.75) is 18.4 Å². The molecule has 4 rings (SSSR count). The molecule has 0 aliphatic carbocycles. The number of sulfonamides is 1. The van der Waals surface area contributed by atoms with Gasteiger partial charge in [0, 0.05) is 17.6 Å². The summed E-state index contributed by atoms with van der Waals surface area (Å²) in [6.45, 7) is 2.65. The molecule has 0 bridgehead atoms. The summed E-state index contributed by atoms with van der Waals surface area (Å²) in [6, 6.07) is 27.1. The van der Waals surface area contributed by atoms with Crippen molar-refractivity contribution in [2.75, 3.05) is 18.0 Å². The van der Waals surface area contributed by atoms with E-state index in [9.17, 15) is 13.2 Å². The molecule has 4 aromatic carbocycles. The minimum absolute atomic E-state index is 0.182. The van der Waals surface area contributed by atoms with Crippen LogP contribution in [0, 0.1) is 0 Å². The number of nitrogens with one attached hydrogen (secondary N) is 1. The van der Waals surface area contributed by atoms with Crippen LogP contribution in [0.1, 0.15) is 28.4 Å². The molecule has 0 aliphatic rings. The van der Waals surface area contributed by atoms with E-state index in [1.54, 1.807) is 54.6 Å². The van der Waals surface area contributed by atoms with E-state index >= 15 is 0 Å². The van der Waals surface area contributed by atoms with Gasteiger partial charge in [-0.05, 0) is 84.8 Å². The highest BCUT2D eigenvalue weighted by Gasteiger charge is 2.21. The van der Waals surface area contributed by atoms with E-state index in [0.29, 0.717) is 46.5 Å². The van der Waals surface area contributed by atoms with Gasteiger partial charge in [-0.25, -0.2) is 13.8 Å². The van der Waals surface area contributed by atoms with E-state index in [2.05, 4.69) is 10.5 Å². The highest BCUT2D eigenvalue weighted by atomic mass is 35.5. The van der Waals surface area contributed by atoms with Gasteiger partial charge in [0.1, 0.15) is 6.61 Å². The fourth-order valence-corrected chi connectivity index (χ4v) is 5.15. The number of rotatable bonds is 11. The Balaban J connectivity index is 1.38. The number of hydrogen-bond donors (Lipinski definition) is 1. The molecule has 0 saturated heterocycles. The Morgan fingerprint density at radius 2 is 1.68 bits per heavy atom. The number of hydrogen-bond acceptors (Lipinski definition) is 6. The molecule has 10 heteroatoms. The van der Waals surface area contributed by atoms with Gasteiger partial charge in [-0.3, -0.25) is 9.10 Å². The second-order valence-electron chi connectivity index (χ2n) is 8.59. The summed E-state index contributed by atoms with van der Waals surface area (Å²) in [5.74, 6) is 0.676. The SMILES string of the molecule is CCOc1cc(/C=N\NC(=O)c2ccc(N(C)S(=O)(=O)c3ccccc3)cc2)ccc1OCc1cccc(Cl)c1. The molecule has 0 unspecified atom stereocenters. The van der Waals surface area contributed by atoms with Gasteiger partial charge in [-0.15, -0.1) is 0 Å². The summed E-state index contributed by atoms with van der Waals surface area (Å²) in [5, 5.41) is 4.68. The fraction of sp³-hybridized carbons (Fsp3) is 0.133. The van der Waals surface area contributed by atoms with Crippen molar-refractivity contribution in [3.05, 3.63) is 119 Å². The molecule has 0 spiro atoms. The molecule has 0 atom stereocenters. The van der Waals surface area contributed by atoms with Crippen molar-refractivity contribution in [1.82, 2.24) is 5.43 Å². The van der Waals surface area contributed by atoms with E-state index in [4.69, 9.17) is 21.1 Å². The molecule has 0 fully saturated rings. The number of carbonyl (C=O) groups excluding carboxylic acids is 1. The molecular weight excluding hydrogens is 550 g/mol. The molecule has 1 N–H and O–H groups in total. The number of carbonyl (C=O) groups is 1. The van der Waals surface area contributed by atoms with Crippen molar-refractivity contribution in [1.29, 1.82) is 0 Å². The monoisotopic (exact) mass is 577 g/mol. The van der Waals surface area contributed by atoms with Crippen LogP contribution in [0.2, 0.25) is 5.02 Å². The van der Waals surface area contributed by atoms with Crippen LogP contribution in [0.5, 0.6) is 11.5 Å². The van der Waals surface area contributed by atoms with Crippen LogP contribution in [-0.2, 0) is 16.6 Å². The van der Waals surface area contributed by atoms with Gasteiger partial charge in [0.2, 0.25) is 0 Å². The first-order valence-electron chi connectivity index (χ1n) is 12.4. The second-order valence-corrected chi connectivity index (χ2v) is 11.0. The number of ether oxygens (including phenoxy) is 2. The minimum Gasteiger partial charge on any atom is -0.490 e. The lowest BCUT2D eigenvalue weighted by atomic mass is 10.2. The molecule has 0 radical (unpaired) electrons. The average Bonchev–Trinajstić information content (AvgIpc) is 2.97. The summed E-state index contributed by atoms with van der Waals surface area (Å²) in [4.78, 5) is 12.8. The summed E-state index contributed by atoms with van der Waals surface area (Å²) in [6.07, 6.45) is 1.50. The quantitative estimate of drug-likeness (QED) is 0.177. The first-order chi connectivity index (χ1) is 19.3. The molecule has 0 aromatic heterocycles. The summed E-state index contributed by atoms with van der Waals surface area (Å²) >= 11 is 6.05.